The highest BCUT2D eigenvalue weighted by molar-refractivity contribution is 9.11. The second kappa shape index (κ2) is 6.39. The topological polar surface area (TPSA) is 20.3 Å². The van der Waals surface area contributed by atoms with E-state index in [9.17, 15) is 4.79 Å². The molecule has 2 rings (SSSR count). The smallest absolute Gasteiger partial charge is 0.255 e. The van der Waals surface area contributed by atoms with E-state index >= 15 is 0 Å². The highest BCUT2D eigenvalue weighted by atomic mass is 79.9. The lowest BCUT2D eigenvalue weighted by Crippen LogP contribution is -2.26. The van der Waals surface area contributed by atoms with Crippen LogP contribution < -0.4 is 0 Å². The van der Waals surface area contributed by atoms with Gasteiger partial charge in [0, 0.05) is 18.1 Å². The summed E-state index contributed by atoms with van der Waals surface area (Å²) in [6.07, 6.45) is 0. The molecule has 19 heavy (non-hydrogen) atoms. The number of amides is 1. The first-order valence-electron chi connectivity index (χ1n) is 5.41. The number of nitrogens with zero attached hydrogens (tertiary/aromatic N) is 1. The third-order valence-corrected chi connectivity index (χ3v) is 5.42. The molecule has 0 fully saturated rings. The standard InChI is InChI=1S/C13H10Br2ClNOS/c1-17(6-8-5-11(15)19-7-8)13(18)9-3-2-4-10(14)12(9)16/h2-5,7H,6H2,1H3. The highest BCUT2D eigenvalue weighted by Gasteiger charge is 2.17. The number of benzene rings is 1. The average molecular weight is 424 g/mol. The largest absolute Gasteiger partial charge is 0.337 e. The first-order chi connectivity index (χ1) is 8.99. The van der Waals surface area contributed by atoms with Crippen LogP contribution in [0.5, 0.6) is 0 Å². The third kappa shape index (κ3) is 3.60. The second-order valence-electron chi connectivity index (χ2n) is 4.02. The molecule has 1 aromatic heterocycles. The molecule has 0 spiro atoms. The van der Waals surface area contributed by atoms with Crippen molar-refractivity contribution in [1.29, 1.82) is 0 Å². The van der Waals surface area contributed by atoms with Crippen molar-refractivity contribution in [1.82, 2.24) is 4.90 Å². The van der Waals surface area contributed by atoms with Crippen molar-refractivity contribution in [3.05, 3.63) is 54.1 Å². The van der Waals surface area contributed by atoms with E-state index in [2.05, 4.69) is 31.9 Å². The van der Waals surface area contributed by atoms with Gasteiger partial charge in [-0.05, 0) is 61.0 Å². The van der Waals surface area contributed by atoms with E-state index in [4.69, 9.17) is 11.6 Å². The van der Waals surface area contributed by atoms with Gasteiger partial charge in [0.2, 0.25) is 0 Å². The second-order valence-corrected chi connectivity index (χ2v) is 7.54. The van der Waals surface area contributed by atoms with Crippen molar-refractivity contribution in [2.24, 2.45) is 0 Å². The normalized spacial score (nSPS) is 10.5. The third-order valence-electron chi connectivity index (χ3n) is 2.57. The van der Waals surface area contributed by atoms with Gasteiger partial charge in [0.05, 0.1) is 14.4 Å². The molecule has 100 valence electrons. The summed E-state index contributed by atoms with van der Waals surface area (Å²) in [6, 6.07) is 7.36. The molecule has 2 nitrogen and oxygen atoms in total. The molecule has 1 heterocycles. The lowest BCUT2D eigenvalue weighted by molar-refractivity contribution is 0.0785. The molecule has 0 saturated carbocycles. The molecule has 0 radical (unpaired) electrons. The highest BCUT2D eigenvalue weighted by Crippen LogP contribution is 2.27. The minimum atomic E-state index is -0.0892. The monoisotopic (exact) mass is 421 g/mol. The zero-order valence-corrected chi connectivity index (χ0v) is 14.7. The number of halogens is 3. The van der Waals surface area contributed by atoms with Crippen molar-refractivity contribution in [2.75, 3.05) is 7.05 Å². The Balaban J connectivity index is 2.17. The van der Waals surface area contributed by atoms with Gasteiger partial charge in [-0.2, -0.15) is 0 Å². The lowest BCUT2D eigenvalue weighted by Gasteiger charge is -2.17. The molecule has 0 saturated heterocycles. The van der Waals surface area contributed by atoms with E-state index in [0.29, 0.717) is 17.1 Å². The van der Waals surface area contributed by atoms with E-state index in [1.54, 1.807) is 35.4 Å². The molecular formula is C13H10Br2ClNOS. The fraction of sp³-hybridized carbons (Fsp3) is 0.154. The molecule has 1 aromatic carbocycles. The molecule has 0 N–H and O–H groups in total. The number of thiophene rings is 1. The SMILES string of the molecule is CN(Cc1csc(Br)c1)C(=O)c1cccc(Br)c1Cl. The van der Waals surface area contributed by atoms with Crippen LogP contribution >= 0.6 is 54.8 Å². The minimum absolute atomic E-state index is 0.0892. The van der Waals surface area contributed by atoms with Crippen LogP contribution in [0.1, 0.15) is 15.9 Å². The minimum Gasteiger partial charge on any atom is -0.337 e. The van der Waals surface area contributed by atoms with Crippen LogP contribution in [0, 0.1) is 0 Å². The van der Waals surface area contributed by atoms with Crippen molar-refractivity contribution < 1.29 is 4.79 Å². The molecule has 0 bridgehead atoms. The van der Waals surface area contributed by atoms with E-state index in [1.165, 1.54) is 0 Å². The van der Waals surface area contributed by atoms with E-state index < -0.39 is 0 Å². The molecule has 0 aliphatic heterocycles. The Bertz CT molecular complexity index is 614. The van der Waals surface area contributed by atoms with Crippen molar-refractivity contribution in [3.8, 4) is 0 Å². The summed E-state index contributed by atoms with van der Waals surface area (Å²) in [4.78, 5) is 14.0. The van der Waals surface area contributed by atoms with Crippen LogP contribution in [0.4, 0.5) is 0 Å². The maximum absolute atomic E-state index is 12.3. The molecule has 0 aliphatic carbocycles. The maximum atomic E-state index is 12.3. The van der Waals surface area contributed by atoms with Crippen molar-refractivity contribution in [3.63, 3.8) is 0 Å². The van der Waals surface area contributed by atoms with Gasteiger partial charge in [-0.15, -0.1) is 11.3 Å². The molecule has 0 aliphatic rings. The molecule has 0 unspecified atom stereocenters. The number of rotatable bonds is 3. The first kappa shape index (κ1) is 15.0. The quantitative estimate of drug-likeness (QED) is 0.665. The average Bonchev–Trinajstić information content (AvgIpc) is 2.77. The number of carbonyl (C=O) groups is 1. The van der Waals surface area contributed by atoms with Crippen LogP contribution in [0.15, 0.2) is 37.9 Å². The molecule has 0 atom stereocenters. The number of hydrogen-bond donors (Lipinski definition) is 0. The molecule has 6 heteroatoms. The zero-order chi connectivity index (χ0) is 14.0. The van der Waals surface area contributed by atoms with Gasteiger partial charge < -0.3 is 4.90 Å². The summed E-state index contributed by atoms with van der Waals surface area (Å²) >= 11 is 14.5. The Labute approximate surface area is 137 Å². The van der Waals surface area contributed by atoms with Crippen molar-refractivity contribution >= 4 is 60.7 Å². The Morgan fingerprint density at radius 1 is 1.42 bits per heavy atom. The van der Waals surface area contributed by atoms with E-state index in [0.717, 1.165) is 13.8 Å². The summed E-state index contributed by atoms with van der Waals surface area (Å²) in [5.74, 6) is -0.0892. The molecule has 2 aromatic rings. The number of hydrogen-bond acceptors (Lipinski definition) is 2. The van der Waals surface area contributed by atoms with Crippen molar-refractivity contribution in [2.45, 2.75) is 6.54 Å². The Morgan fingerprint density at radius 2 is 2.16 bits per heavy atom. The zero-order valence-electron chi connectivity index (χ0n) is 9.99. The number of carbonyl (C=O) groups excluding carboxylic acids is 1. The van der Waals surface area contributed by atoms with Gasteiger partial charge in [0.15, 0.2) is 0 Å². The van der Waals surface area contributed by atoms with Gasteiger partial charge in [0.1, 0.15) is 0 Å². The van der Waals surface area contributed by atoms with Crippen LogP contribution in [-0.2, 0) is 6.54 Å². The summed E-state index contributed by atoms with van der Waals surface area (Å²) in [5.41, 5.74) is 1.60. The van der Waals surface area contributed by atoms with Crippen LogP contribution in [-0.4, -0.2) is 17.9 Å². The predicted molar refractivity (Wildman–Crippen MR) is 87.0 cm³/mol. The molecular weight excluding hydrogens is 413 g/mol. The Hall–Kier alpha value is -0.360. The van der Waals surface area contributed by atoms with Gasteiger partial charge in [0.25, 0.3) is 5.91 Å². The van der Waals surface area contributed by atoms with Gasteiger partial charge in [-0.3, -0.25) is 4.79 Å². The van der Waals surface area contributed by atoms with Gasteiger partial charge in [-0.25, -0.2) is 0 Å². The van der Waals surface area contributed by atoms with Gasteiger partial charge in [-0.1, -0.05) is 17.7 Å². The Morgan fingerprint density at radius 3 is 2.79 bits per heavy atom. The fourth-order valence-electron chi connectivity index (χ4n) is 1.65. The van der Waals surface area contributed by atoms with Gasteiger partial charge >= 0.3 is 0 Å². The summed E-state index contributed by atoms with van der Waals surface area (Å²) < 4.78 is 1.79. The summed E-state index contributed by atoms with van der Waals surface area (Å²) in [5, 5.41) is 2.47. The fourth-order valence-corrected chi connectivity index (χ4v) is 3.42. The van der Waals surface area contributed by atoms with Crippen LogP contribution in [0.2, 0.25) is 5.02 Å². The van der Waals surface area contributed by atoms with Crippen LogP contribution in [0.25, 0.3) is 0 Å². The summed E-state index contributed by atoms with van der Waals surface area (Å²) in [6.45, 7) is 0.559. The maximum Gasteiger partial charge on any atom is 0.255 e. The van der Waals surface area contributed by atoms with E-state index in [1.807, 2.05) is 17.5 Å². The lowest BCUT2D eigenvalue weighted by atomic mass is 10.2. The predicted octanol–water partition coefficient (Wildman–Crippen LogP) is 5.20. The Kier molecular flexibility index (Phi) is 5.06. The van der Waals surface area contributed by atoms with Crippen LogP contribution in [0.3, 0.4) is 0 Å². The van der Waals surface area contributed by atoms with E-state index in [-0.39, 0.29) is 5.91 Å². The molecule has 1 amide bonds. The first-order valence-corrected chi connectivity index (χ1v) is 8.26. The summed E-state index contributed by atoms with van der Waals surface area (Å²) in [7, 11) is 1.77.